The molecule has 4 rings (SSSR count). The third-order valence-electron chi connectivity index (χ3n) is 5.05. The molecule has 0 fully saturated rings. The van der Waals surface area contributed by atoms with Crippen LogP contribution in [0.25, 0.3) is 21.8 Å². The number of para-hydroxylation sites is 2. The van der Waals surface area contributed by atoms with Gasteiger partial charge in [0, 0.05) is 53.1 Å². The Labute approximate surface area is 152 Å². The SMILES string of the molecule is CC(CNC(=O)CCc1c[nH]c2ccccc12)c1c[nH]c2ccccc12. The summed E-state index contributed by atoms with van der Waals surface area (Å²) < 4.78 is 0. The molecule has 4 nitrogen and oxygen atoms in total. The van der Waals surface area contributed by atoms with Crippen molar-refractivity contribution in [2.45, 2.75) is 25.7 Å². The van der Waals surface area contributed by atoms with Crippen molar-refractivity contribution in [1.82, 2.24) is 15.3 Å². The van der Waals surface area contributed by atoms with Crippen molar-refractivity contribution in [3.63, 3.8) is 0 Å². The molecule has 1 atom stereocenters. The van der Waals surface area contributed by atoms with Gasteiger partial charge in [-0.1, -0.05) is 43.3 Å². The molecular weight excluding hydrogens is 322 g/mol. The number of amides is 1. The molecule has 0 bridgehead atoms. The maximum absolute atomic E-state index is 12.3. The molecule has 0 radical (unpaired) electrons. The summed E-state index contributed by atoms with van der Waals surface area (Å²) >= 11 is 0. The molecule has 3 N–H and O–H groups in total. The van der Waals surface area contributed by atoms with E-state index in [2.05, 4.69) is 46.5 Å². The Bertz CT molecular complexity index is 1040. The van der Waals surface area contributed by atoms with Gasteiger partial charge in [0.1, 0.15) is 0 Å². The summed E-state index contributed by atoms with van der Waals surface area (Å²) in [6.07, 6.45) is 5.31. The summed E-state index contributed by atoms with van der Waals surface area (Å²) in [4.78, 5) is 18.8. The second kappa shape index (κ2) is 7.08. The number of H-pyrrole nitrogens is 2. The van der Waals surface area contributed by atoms with E-state index in [0.29, 0.717) is 13.0 Å². The lowest BCUT2D eigenvalue weighted by Gasteiger charge is -2.12. The smallest absolute Gasteiger partial charge is 0.220 e. The average molecular weight is 345 g/mol. The molecule has 2 aromatic heterocycles. The fourth-order valence-corrected chi connectivity index (χ4v) is 3.55. The van der Waals surface area contributed by atoms with Crippen molar-refractivity contribution < 1.29 is 4.79 Å². The minimum absolute atomic E-state index is 0.0990. The number of rotatable bonds is 6. The van der Waals surface area contributed by atoms with Gasteiger partial charge >= 0.3 is 0 Å². The Morgan fingerprint density at radius 1 is 0.962 bits per heavy atom. The van der Waals surface area contributed by atoms with Gasteiger partial charge in [0.15, 0.2) is 0 Å². The molecule has 132 valence electrons. The maximum Gasteiger partial charge on any atom is 0.220 e. The fourth-order valence-electron chi connectivity index (χ4n) is 3.55. The van der Waals surface area contributed by atoms with Crippen LogP contribution >= 0.6 is 0 Å². The van der Waals surface area contributed by atoms with Crippen molar-refractivity contribution in [3.8, 4) is 0 Å². The highest BCUT2D eigenvalue weighted by atomic mass is 16.1. The number of carbonyl (C=O) groups is 1. The quantitative estimate of drug-likeness (QED) is 0.473. The monoisotopic (exact) mass is 345 g/mol. The van der Waals surface area contributed by atoms with E-state index < -0.39 is 0 Å². The van der Waals surface area contributed by atoms with Crippen molar-refractivity contribution in [1.29, 1.82) is 0 Å². The van der Waals surface area contributed by atoms with Crippen molar-refractivity contribution in [3.05, 3.63) is 72.1 Å². The normalized spacial score (nSPS) is 12.5. The van der Waals surface area contributed by atoms with Crippen LogP contribution in [0.5, 0.6) is 0 Å². The largest absolute Gasteiger partial charge is 0.361 e. The molecule has 4 heteroatoms. The molecule has 1 unspecified atom stereocenters. The lowest BCUT2D eigenvalue weighted by Crippen LogP contribution is -2.27. The van der Waals surface area contributed by atoms with E-state index in [4.69, 9.17) is 0 Å². The van der Waals surface area contributed by atoms with Crippen molar-refractivity contribution in [2.24, 2.45) is 0 Å². The summed E-state index contributed by atoms with van der Waals surface area (Å²) in [5.74, 6) is 0.366. The van der Waals surface area contributed by atoms with Crippen LogP contribution in [0.1, 0.15) is 30.4 Å². The molecule has 0 aliphatic rings. The van der Waals surface area contributed by atoms with E-state index in [1.165, 1.54) is 21.9 Å². The van der Waals surface area contributed by atoms with E-state index in [0.717, 1.165) is 17.5 Å². The lowest BCUT2D eigenvalue weighted by atomic mass is 10.0. The zero-order valence-electron chi connectivity index (χ0n) is 14.9. The Balaban J connectivity index is 1.34. The van der Waals surface area contributed by atoms with Crippen LogP contribution in [0.4, 0.5) is 0 Å². The summed E-state index contributed by atoms with van der Waals surface area (Å²) in [5.41, 5.74) is 4.70. The van der Waals surface area contributed by atoms with Crippen LogP contribution in [0, 0.1) is 0 Å². The Morgan fingerprint density at radius 2 is 1.62 bits per heavy atom. The van der Waals surface area contributed by atoms with E-state index in [1.807, 2.05) is 36.7 Å². The summed E-state index contributed by atoms with van der Waals surface area (Å²) in [6.45, 7) is 2.80. The number of aromatic nitrogens is 2. The van der Waals surface area contributed by atoms with E-state index in [9.17, 15) is 4.79 Å². The minimum atomic E-state index is 0.0990. The molecule has 2 heterocycles. The van der Waals surface area contributed by atoms with Crippen LogP contribution in [0.3, 0.4) is 0 Å². The molecule has 0 aliphatic heterocycles. The first-order valence-corrected chi connectivity index (χ1v) is 9.10. The summed E-state index contributed by atoms with van der Waals surface area (Å²) in [5, 5.41) is 5.51. The predicted molar refractivity (Wildman–Crippen MR) is 106 cm³/mol. The first kappa shape index (κ1) is 16.5. The molecule has 0 saturated carbocycles. The highest BCUT2D eigenvalue weighted by Gasteiger charge is 2.13. The number of fused-ring (bicyclic) bond motifs is 2. The molecule has 0 spiro atoms. The molecule has 4 aromatic rings. The van der Waals surface area contributed by atoms with Crippen LogP contribution in [0.2, 0.25) is 0 Å². The van der Waals surface area contributed by atoms with E-state index in [1.54, 1.807) is 0 Å². The van der Waals surface area contributed by atoms with Gasteiger partial charge in [-0.25, -0.2) is 0 Å². The highest BCUT2D eigenvalue weighted by molar-refractivity contribution is 5.85. The van der Waals surface area contributed by atoms with Crippen molar-refractivity contribution in [2.75, 3.05) is 6.54 Å². The maximum atomic E-state index is 12.3. The van der Waals surface area contributed by atoms with Gasteiger partial charge in [-0.05, 0) is 29.7 Å². The fraction of sp³-hybridized carbons (Fsp3) is 0.227. The number of hydrogen-bond acceptors (Lipinski definition) is 1. The minimum Gasteiger partial charge on any atom is -0.361 e. The van der Waals surface area contributed by atoms with Gasteiger partial charge < -0.3 is 15.3 Å². The van der Waals surface area contributed by atoms with Crippen LogP contribution in [-0.4, -0.2) is 22.4 Å². The molecular formula is C22H23N3O. The molecule has 0 aliphatic carbocycles. The number of aromatic amines is 2. The number of hydrogen-bond donors (Lipinski definition) is 3. The zero-order valence-corrected chi connectivity index (χ0v) is 14.9. The van der Waals surface area contributed by atoms with Crippen LogP contribution < -0.4 is 5.32 Å². The first-order chi connectivity index (χ1) is 12.7. The van der Waals surface area contributed by atoms with Gasteiger partial charge in [0.2, 0.25) is 5.91 Å². The van der Waals surface area contributed by atoms with Crippen molar-refractivity contribution >= 4 is 27.7 Å². The van der Waals surface area contributed by atoms with Gasteiger partial charge in [0.05, 0.1) is 0 Å². The van der Waals surface area contributed by atoms with Gasteiger partial charge in [-0.3, -0.25) is 4.79 Å². The topological polar surface area (TPSA) is 60.7 Å². The highest BCUT2D eigenvalue weighted by Crippen LogP contribution is 2.25. The Hall–Kier alpha value is -3.01. The van der Waals surface area contributed by atoms with E-state index >= 15 is 0 Å². The Kier molecular flexibility index (Phi) is 4.48. The number of carbonyl (C=O) groups excluding carboxylic acids is 1. The second-order valence-corrected chi connectivity index (χ2v) is 6.85. The average Bonchev–Trinajstić information content (AvgIpc) is 3.28. The summed E-state index contributed by atoms with van der Waals surface area (Å²) in [7, 11) is 0. The van der Waals surface area contributed by atoms with E-state index in [-0.39, 0.29) is 11.8 Å². The van der Waals surface area contributed by atoms with Gasteiger partial charge in [-0.2, -0.15) is 0 Å². The standard InChI is InChI=1S/C22H23N3O/c1-15(19-14-24-21-9-5-3-7-18(19)21)12-25-22(26)11-10-16-13-23-20-8-4-2-6-17(16)20/h2-9,13-15,23-24H,10-12H2,1H3,(H,25,26). The molecule has 2 aromatic carbocycles. The number of aryl methyl sites for hydroxylation is 1. The van der Waals surface area contributed by atoms with Gasteiger partial charge in [0.25, 0.3) is 0 Å². The lowest BCUT2D eigenvalue weighted by molar-refractivity contribution is -0.121. The Morgan fingerprint density at radius 3 is 2.42 bits per heavy atom. The van der Waals surface area contributed by atoms with Crippen LogP contribution in [0.15, 0.2) is 60.9 Å². The second-order valence-electron chi connectivity index (χ2n) is 6.85. The summed E-state index contributed by atoms with van der Waals surface area (Å²) in [6, 6.07) is 16.5. The predicted octanol–water partition coefficient (Wildman–Crippen LogP) is 4.50. The number of nitrogens with one attached hydrogen (secondary N) is 3. The van der Waals surface area contributed by atoms with Crippen LogP contribution in [-0.2, 0) is 11.2 Å². The van der Waals surface area contributed by atoms with Gasteiger partial charge in [-0.15, -0.1) is 0 Å². The third kappa shape index (κ3) is 3.23. The number of benzene rings is 2. The first-order valence-electron chi connectivity index (χ1n) is 9.10. The molecule has 26 heavy (non-hydrogen) atoms. The third-order valence-corrected chi connectivity index (χ3v) is 5.05. The molecule has 0 saturated heterocycles. The zero-order chi connectivity index (χ0) is 17.9. The molecule has 1 amide bonds.